The number of methoxy groups -OCH3 is 1. The molecule has 0 amide bonds. The highest BCUT2D eigenvalue weighted by Crippen LogP contribution is 2.44. The zero-order valence-electron chi connectivity index (χ0n) is 27.0. The van der Waals surface area contributed by atoms with Gasteiger partial charge in [0, 0.05) is 32.3 Å². The Balaban J connectivity index is 1.30. The van der Waals surface area contributed by atoms with Crippen LogP contribution in [0.3, 0.4) is 0 Å². The van der Waals surface area contributed by atoms with Crippen molar-refractivity contribution < 1.29 is 37.7 Å². The monoisotopic (exact) mass is 609 g/mol. The number of epoxide rings is 2. The molecule has 3 saturated heterocycles. The molecule has 4 aliphatic rings. The minimum absolute atomic E-state index is 0.0294. The molecule has 5 rings (SSSR count). The molecule has 9 heteroatoms. The topological polar surface area (TPSA) is 113 Å². The Morgan fingerprint density at radius 3 is 2.66 bits per heavy atom. The fraction of sp³-hybridized carbons (Fsp3) is 0.629. The summed E-state index contributed by atoms with van der Waals surface area (Å²) in [4.78, 5) is 30.0. The summed E-state index contributed by atoms with van der Waals surface area (Å²) in [5, 5.41) is 0. The van der Waals surface area contributed by atoms with Crippen LogP contribution in [0, 0.1) is 24.7 Å². The molecule has 2 bridgehead atoms. The summed E-state index contributed by atoms with van der Waals surface area (Å²) in [7, 11) is 1.69. The van der Waals surface area contributed by atoms with E-state index in [1.165, 1.54) is 0 Å². The van der Waals surface area contributed by atoms with Crippen LogP contribution >= 0.6 is 0 Å². The number of allylic oxidation sites excluding steroid dienone is 4. The second kappa shape index (κ2) is 13.5. The SMILES string of the molecule is CO[C@@H](C(C)=CC=CC(C)=Cc1coc(C)n1)[C@@H](C)[C@H]1CC[C@@]2(C)O[C@@H]2C=C[C@@H](C)[C@H]2C[C@@H](CC(=O)O2)C[C@H]2O[C@H]2C(=O)O1. The first-order chi connectivity index (χ1) is 21.0. The lowest BCUT2D eigenvalue weighted by molar-refractivity contribution is -0.159. The first-order valence-corrected chi connectivity index (χ1v) is 15.9. The van der Waals surface area contributed by atoms with E-state index in [1.807, 2.05) is 45.1 Å². The molecule has 0 spiro atoms. The second-order valence-corrected chi connectivity index (χ2v) is 13.2. The molecule has 1 aromatic rings. The first kappa shape index (κ1) is 32.4. The largest absolute Gasteiger partial charge is 0.462 e. The average molecular weight is 610 g/mol. The summed E-state index contributed by atoms with van der Waals surface area (Å²) in [6, 6.07) is 0. The van der Waals surface area contributed by atoms with Crippen LogP contribution in [0.25, 0.3) is 6.08 Å². The zero-order valence-corrected chi connectivity index (χ0v) is 27.0. The van der Waals surface area contributed by atoms with E-state index >= 15 is 0 Å². The van der Waals surface area contributed by atoms with Crippen LogP contribution in [-0.2, 0) is 33.3 Å². The normalized spacial score (nSPS) is 36.2. The predicted octanol–water partition coefficient (Wildman–Crippen LogP) is 6.07. The quantitative estimate of drug-likeness (QED) is 0.157. The van der Waals surface area contributed by atoms with Crippen LogP contribution in [0.5, 0.6) is 0 Å². The number of rotatable bonds is 7. The van der Waals surface area contributed by atoms with Gasteiger partial charge in [-0.3, -0.25) is 4.79 Å². The maximum atomic E-state index is 13.3. The van der Waals surface area contributed by atoms with Gasteiger partial charge in [-0.05, 0) is 69.6 Å². The average Bonchev–Trinajstić information content (AvgIpc) is 3.83. The number of oxazole rings is 1. The smallest absolute Gasteiger partial charge is 0.338 e. The lowest BCUT2D eigenvalue weighted by Crippen LogP contribution is -2.37. The number of hydrogen-bond donors (Lipinski definition) is 0. The van der Waals surface area contributed by atoms with Gasteiger partial charge < -0.3 is 28.1 Å². The van der Waals surface area contributed by atoms with Gasteiger partial charge >= 0.3 is 11.9 Å². The third kappa shape index (κ3) is 7.98. The number of esters is 2. The number of nitrogens with zero attached hydrogens (tertiary/aromatic N) is 1. The van der Waals surface area contributed by atoms with Gasteiger partial charge in [-0.1, -0.05) is 44.2 Å². The Bertz CT molecular complexity index is 1330. The molecule has 0 radical (unpaired) electrons. The Kier molecular flexibility index (Phi) is 9.97. The highest BCUT2D eigenvalue weighted by molar-refractivity contribution is 5.78. The fourth-order valence-corrected chi connectivity index (χ4v) is 6.63. The van der Waals surface area contributed by atoms with Crippen molar-refractivity contribution in [3.63, 3.8) is 0 Å². The molecular weight excluding hydrogens is 562 g/mol. The summed E-state index contributed by atoms with van der Waals surface area (Å²) in [6.07, 6.45) is 15.2. The molecule has 4 aliphatic heterocycles. The summed E-state index contributed by atoms with van der Waals surface area (Å²) in [5.41, 5.74) is 2.49. The predicted molar refractivity (Wildman–Crippen MR) is 164 cm³/mol. The van der Waals surface area contributed by atoms with Gasteiger partial charge in [-0.25, -0.2) is 9.78 Å². The van der Waals surface area contributed by atoms with Crippen LogP contribution in [0.4, 0.5) is 0 Å². The molecule has 0 aromatic carbocycles. The third-order valence-electron chi connectivity index (χ3n) is 9.49. The summed E-state index contributed by atoms with van der Waals surface area (Å²) in [5.74, 6) is 0.169. The van der Waals surface area contributed by atoms with Crippen LogP contribution in [-0.4, -0.2) is 66.3 Å². The van der Waals surface area contributed by atoms with Crippen molar-refractivity contribution in [3.05, 3.63) is 59.4 Å². The molecule has 5 heterocycles. The van der Waals surface area contributed by atoms with Crippen molar-refractivity contribution in [2.75, 3.05) is 7.11 Å². The third-order valence-corrected chi connectivity index (χ3v) is 9.49. The van der Waals surface area contributed by atoms with E-state index < -0.39 is 12.2 Å². The highest BCUT2D eigenvalue weighted by Gasteiger charge is 2.52. The maximum absolute atomic E-state index is 13.3. The number of cyclic esters (lactones) is 1. The van der Waals surface area contributed by atoms with Crippen molar-refractivity contribution in [3.8, 4) is 0 Å². The number of aryl methyl sites for hydroxylation is 1. The Labute approximate surface area is 260 Å². The zero-order chi connectivity index (χ0) is 31.6. The minimum atomic E-state index is -0.601. The van der Waals surface area contributed by atoms with Crippen LogP contribution in [0.2, 0.25) is 0 Å². The summed E-state index contributed by atoms with van der Waals surface area (Å²) < 4.78 is 35.0. The van der Waals surface area contributed by atoms with Crippen molar-refractivity contribution in [1.29, 1.82) is 0 Å². The van der Waals surface area contributed by atoms with Crippen molar-refractivity contribution in [1.82, 2.24) is 4.98 Å². The molecule has 0 N–H and O–H groups in total. The van der Waals surface area contributed by atoms with E-state index in [0.29, 0.717) is 25.2 Å². The Hall–Kier alpha value is -3.01. The molecule has 0 saturated carbocycles. The lowest BCUT2D eigenvalue weighted by atomic mass is 9.85. The Morgan fingerprint density at radius 2 is 1.93 bits per heavy atom. The molecular formula is C35H47NO8. The number of carbonyl (C=O) groups is 2. The van der Waals surface area contributed by atoms with Crippen molar-refractivity contribution in [2.45, 2.75) is 116 Å². The van der Waals surface area contributed by atoms with Gasteiger partial charge in [0.05, 0.1) is 17.8 Å². The van der Waals surface area contributed by atoms with Crippen molar-refractivity contribution >= 4 is 18.0 Å². The van der Waals surface area contributed by atoms with Gasteiger partial charge in [0.1, 0.15) is 30.3 Å². The number of ether oxygens (including phenoxy) is 5. The molecule has 1 aromatic heterocycles. The molecule has 0 aliphatic carbocycles. The lowest BCUT2D eigenvalue weighted by Gasteiger charge is -2.32. The highest BCUT2D eigenvalue weighted by atomic mass is 16.6. The number of aromatic nitrogens is 1. The summed E-state index contributed by atoms with van der Waals surface area (Å²) in [6.45, 7) is 12.1. The van der Waals surface area contributed by atoms with Crippen LogP contribution in [0.15, 0.2) is 52.2 Å². The maximum Gasteiger partial charge on any atom is 0.338 e. The van der Waals surface area contributed by atoms with E-state index in [-0.39, 0.29) is 59.7 Å². The van der Waals surface area contributed by atoms with E-state index in [2.05, 4.69) is 37.9 Å². The Morgan fingerprint density at radius 1 is 1.16 bits per heavy atom. The van der Waals surface area contributed by atoms with Gasteiger partial charge in [-0.15, -0.1) is 0 Å². The number of hydrogen-bond acceptors (Lipinski definition) is 9. The molecule has 44 heavy (non-hydrogen) atoms. The first-order valence-electron chi connectivity index (χ1n) is 15.9. The molecule has 240 valence electrons. The van der Waals surface area contributed by atoms with E-state index in [9.17, 15) is 9.59 Å². The van der Waals surface area contributed by atoms with Gasteiger partial charge in [-0.2, -0.15) is 0 Å². The summed E-state index contributed by atoms with van der Waals surface area (Å²) >= 11 is 0. The van der Waals surface area contributed by atoms with Crippen LogP contribution in [0.1, 0.15) is 78.3 Å². The standard InChI is InChI=1S/C35H47NO8/c1-20(15-26-19-40-24(5)36-26)9-8-10-22(3)32(39-7)23(4)27-13-14-35(6)30(44-35)12-11-21(2)28-16-25(18-31(37)41-28)17-29-33(42-29)34(38)43-27/h8-12,15,19,21,23,25,27-30,32-33H,13-14,16-18H2,1-7H3/t21-,23+,25-,27-,28-,29-,30-,32+,33-,35-/m1/s1. The van der Waals surface area contributed by atoms with Crippen LogP contribution < -0.4 is 0 Å². The van der Waals surface area contributed by atoms with E-state index in [0.717, 1.165) is 29.7 Å². The molecule has 10 atom stereocenters. The minimum Gasteiger partial charge on any atom is -0.462 e. The van der Waals surface area contributed by atoms with E-state index in [4.69, 9.17) is 28.1 Å². The number of fused-ring (bicyclic) bond motifs is 4. The molecule has 9 nitrogen and oxygen atoms in total. The van der Waals surface area contributed by atoms with Gasteiger partial charge in [0.15, 0.2) is 12.0 Å². The van der Waals surface area contributed by atoms with Gasteiger partial charge in [0.2, 0.25) is 0 Å². The molecule has 0 unspecified atom stereocenters. The van der Waals surface area contributed by atoms with Crippen molar-refractivity contribution in [2.24, 2.45) is 17.8 Å². The molecule has 3 fully saturated rings. The van der Waals surface area contributed by atoms with E-state index in [1.54, 1.807) is 13.4 Å². The number of carbonyl (C=O) groups excluding carboxylic acids is 2. The fourth-order valence-electron chi connectivity index (χ4n) is 6.63. The second-order valence-electron chi connectivity index (χ2n) is 13.2. The van der Waals surface area contributed by atoms with Gasteiger partial charge in [0.25, 0.3) is 0 Å².